The maximum absolute atomic E-state index is 13.1. The lowest BCUT2D eigenvalue weighted by Gasteiger charge is -2.23. The molecular formula is C23H32N4O5S. The minimum atomic E-state index is -3.49. The first-order chi connectivity index (χ1) is 15.5. The van der Waals surface area contributed by atoms with Gasteiger partial charge in [-0.05, 0) is 37.3 Å². The highest BCUT2D eigenvalue weighted by Gasteiger charge is 2.32. The summed E-state index contributed by atoms with van der Waals surface area (Å²) >= 11 is 0. The summed E-state index contributed by atoms with van der Waals surface area (Å²) < 4.78 is 26.6. The summed E-state index contributed by atoms with van der Waals surface area (Å²) in [6, 6.07) is 7.81. The van der Waals surface area contributed by atoms with Gasteiger partial charge in [-0.1, -0.05) is 32.0 Å². The first kappa shape index (κ1) is 24.9. The quantitative estimate of drug-likeness (QED) is 0.627. The minimum Gasteiger partial charge on any atom is -0.344 e. The maximum Gasteiger partial charge on any atom is 0.268 e. The Morgan fingerprint density at radius 1 is 1.21 bits per heavy atom. The second-order valence-electron chi connectivity index (χ2n) is 9.07. The van der Waals surface area contributed by atoms with Gasteiger partial charge in [-0.25, -0.2) is 8.42 Å². The fraction of sp³-hybridized carbons (Fsp3) is 0.522. The number of carbonyl (C=O) groups is 3. The maximum atomic E-state index is 13.1. The Kier molecular flexibility index (Phi) is 7.58. The number of nitrogens with one attached hydrogen (secondary N) is 2. The van der Waals surface area contributed by atoms with Crippen molar-refractivity contribution in [2.45, 2.75) is 45.2 Å². The van der Waals surface area contributed by atoms with E-state index in [1.54, 1.807) is 17.7 Å². The number of hydrogen-bond donors (Lipinski definition) is 2. The molecule has 0 radical (unpaired) electrons. The van der Waals surface area contributed by atoms with Gasteiger partial charge in [0.05, 0.1) is 18.8 Å². The van der Waals surface area contributed by atoms with Crippen LogP contribution in [0, 0.1) is 5.92 Å². The molecule has 2 N–H and O–H groups in total. The van der Waals surface area contributed by atoms with E-state index in [0.717, 1.165) is 21.5 Å². The predicted molar refractivity (Wildman–Crippen MR) is 126 cm³/mol. The van der Waals surface area contributed by atoms with Gasteiger partial charge in [0.15, 0.2) is 5.78 Å². The Morgan fingerprint density at radius 3 is 2.55 bits per heavy atom. The van der Waals surface area contributed by atoms with Crippen LogP contribution in [0.25, 0.3) is 10.9 Å². The second-order valence-corrected chi connectivity index (χ2v) is 11.1. The van der Waals surface area contributed by atoms with Crippen LogP contribution < -0.4 is 10.6 Å². The number of hydrogen-bond acceptors (Lipinski definition) is 5. The van der Waals surface area contributed by atoms with Gasteiger partial charge < -0.3 is 15.2 Å². The van der Waals surface area contributed by atoms with Crippen molar-refractivity contribution in [3.8, 4) is 0 Å². The summed E-state index contributed by atoms with van der Waals surface area (Å²) in [6.45, 7) is 3.87. The third-order valence-corrected chi connectivity index (χ3v) is 7.17. The average Bonchev–Trinajstić information content (AvgIpc) is 2.95. The Morgan fingerprint density at radius 2 is 1.91 bits per heavy atom. The normalized spacial score (nSPS) is 18.8. The Hall–Kier alpha value is -2.72. The molecule has 2 atom stereocenters. The molecule has 33 heavy (non-hydrogen) atoms. The van der Waals surface area contributed by atoms with E-state index < -0.39 is 28.0 Å². The summed E-state index contributed by atoms with van der Waals surface area (Å²) in [7, 11) is -1.69. The fourth-order valence-electron chi connectivity index (χ4n) is 4.15. The van der Waals surface area contributed by atoms with Crippen molar-refractivity contribution >= 4 is 38.5 Å². The monoisotopic (exact) mass is 476 g/mol. The molecule has 2 amide bonds. The van der Waals surface area contributed by atoms with Gasteiger partial charge >= 0.3 is 0 Å². The smallest absolute Gasteiger partial charge is 0.268 e. The molecule has 0 spiro atoms. The molecule has 0 saturated carbocycles. The van der Waals surface area contributed by atoms with Crippen molar-refractivity contribution in [3.05, 3.63) is 36.0 Å². The van der Waals surface area contributed by atoms with E-state index in [1.807, 2.05) is 38.1 Å². The van der Waals surface area contributed by atoms with Crippen LogP contribution in [-0.2, 0) is 26.7 Å². The summed E-state index contributed by atoms with van der Waals surface area (Å²) in [5, 5.41) is 6.51. The molecule has 9 nitrogen and oxygen atoms in total. The number of amides is 2. The SMILES string of the molecule is CC(C)CC(NC(=O)c1cc2ccccc2n1C)C(=O)N[C@H]1CCCN(S(C)(=O)=O)CC1=O. The lowest BCUT2D eigenvalue weighted by molar-refractivity contribution is -0.129. The van der Waals surface area contributed by atoms with Crippen molar-refractivity contribution in [2.24, 2.45) is 13.0 Å². The lowest BCUT2D eigenvalue weighted by Crippen LogP contribution is -2.52. The van der Waals surface area contributed by atoms with Crippen LogP contribution in [0.5, 0.6) is 0 Å². The molecule has 1 fully saturated rings. The molecule has 3 rings (SSSR count). The van der Waals surface area contributed by atoms with Crippen LogP contribution in [0.15, 0.2) is 30.3 Å². The average molecular weight is 477 g/mol. The zero-order chi connectivity index (χ0) is 24.3. The number of carbonyl (C=O) groups excluding carboxylic acids is 3. The number of sulfonamides is 1. The van der Waals surface area contributed by atoms with E-state index in [0.29, 0.717) is 25.0 Å². The van der Waals surface area contributed by atoms with Crippen LogP contribution in [0.3, 0.4) is 0 Å². The number of aryl methyl sites for hydroxylation is 1. The zero-order valence-corrected chi connectivity index (χ0v) is 20.3. The standard InChI is InChI=1S/C23H32N4O5S/c1-15(2)12-18(25-23(30)20-13-16-8-5-6-10-19(16)26(20)3)22(29)24-17-9-7-11-27(14-21(17)28)33(4,31)32/h5-6,8,10,13,15,17-18H,7,9,11-12,14H2,1-4H3,(H,24,29)(H,25,30)/t17-,18?/m0/s1. The van der Waals surface area contributed by atoms with E-state index in [2.05, 4.69) is 10.6 Å². The van der Waals surface area contributed by atoms with E-state index in [4.69, 9.17) is 0 Å². The number of rotatable bonds is 7. The molecule has 10 heteroatoms. The van der Waals surface area contributed by atoms with Crippen molar-refractivity contribution < 1.29 is 22.8 Å². The number of fused-ring (bicyclic) bond motifs is 1. The summed E-state index contributed by atoms with van der Waals surface area (Å²) in [5.41, 5.74) is 1.35. The molecule has 2 heterocycles. The molecule has 0 aliphatic carbocycles. The Balaban J connectivity index is 1.74. The van der Waals surface area contributed by atoms with E-state index in [1.165, 1.54) is 0 Å². The molecule has 1 saturated heterocycles. The van der Waals surface area contributed by atoms with Gasteiger partial charge in [-0.15, -0.1) is 0 Å². The molecule has 1 aliphatic rings. The third-order valence-electron chi connectivity index (χ3n) is 5.92. The van der Waals surface area contributed by atoms with Crippen molar-refractivity contribution in [1.29, 1.82) is 0 Å². The van der Waals surface area contributed by atoms with Crippen LogP contribution in [0.1, 0.15) is 43.6 Å². The Labute approximate surface area is 194 Å². The first-order valence-corrected chi connectivity index (χ1v) is 13.0. The van der Waals surface area contributed by atoms with E-state index in [-0.39, 0.29) is 30.7 Å². The number of Topliss-reactive ketones (excluding diaryl/α,β-unsaturated/α-hetero) is 1. The highest BCUT2D eigenvalue weighted by Crippen LogP contribution is 2.19. The van der Waals surface area contributed by atoms with Crippen molar-refractivity contribution in [2.75, 3.05) is 19.3 Å². The lowest BCUT2D eigenvalue weighted by atomic mass is 10.0. The first-order valence-electron chi connectivity index (χ1n) is 11.1. The van der Waals surface area contributed by atoms with Gasteiger partial charge in [0.25, 0.3) is 5.91 Å². The largest absolute Gasteiger partial charge is 0.344 e. The number of aromatic nitrogens is 1. The number of ketones is 1. The van der Waals surface area contributed by atoms with E-state index in [9.17, 15) is 22.8 Å². The number of nitrogens with zero attached hydrogens (tertiary/aromatic N) is 2. The zero-order valence-electron chi connectivity index (χ0n) is 19.5. The molecule has 2 aromatic rings. The van der Waals surface area contributed by atoms with E-state index >= 15 is 0 Å². The highest BCUT2D eigenvalue weighted by molar-refractivity contribution is 7.88. The Bertz CT molecular complexity index is 1150. The van der Waals surface area contributed by atoms with Gasteiger partial charge in [0.1, 0.15) is 11.7 Å². The summed E-state index contributed by atoms with van der Waals surface area (Å²) in [4.78, 5) is 38.8. The van der Waals surface area contributed by atoms with Gasteiger partial charge in [-0.2, -0.15) is 4.31 Å². The summed E-state index contributed by atoms with van der Waals surface area (Å²) in [5.74, 6) is -1.04. The van der Waals surface area contributed by atoms with Crippen LogP contribution in [0.2, 0.25) is 0 Å². The second kappa shape index (κ2) is 10.0. The molecule has 1 aromatic carbocycles. The van der Waals surface area contributed by atoms with Crippen molar-refractivity contribution in [1.82, 2.24) is 19.5 Å². The van der Waals surface area contributed by atoms with Crippen LogP contribution >= 0.6 is 0 Å². The van der Waals surface area contributed by atoms with Gasteiger partial charge in [0, 0.05) is 24.5 Å². The molecule has 1 unspecified atom stereocenters. The van der Waals surface area contributed by atoms with Crippen LogP contribution in [0.4, 0.5) is 0 Å². The predicted octanol–water partition coefficient (Wildman–Crippen LogP) is 1.43. The number of para-hydroxylation sites is 1. The van der Waals surface area contributed by atoms with Crippen LogP contribution in [-0.4, -0.2) is 66.3 Å². The highest BCUT2D eigenvalue weighted by atomic mass is 32.2. The molecule has 1 aliphatic heterocycles. The third kappa shape index (κ3) is 6.00. The van der Waals surface area contributed by atoms with Gasteiger partial charge in [-0.3, -0.25) is 14.4 Å². The molecule has 0 bridgehead atoms. The minimum absolute atomic E-state index is 0.124. The van der Waals surface area contributed by atoms with Gasteiger partial charge in [0.2, 0.25) is 15.9 Å². The topological polar surface area (TPSA) is 118 Å². The number of benzene rings is 1. The molecule has 180 valence electrons. The fourth-order valence-corrected chi connectivity index (χ4v) is 4.97. The molecular weight excluding hydrogens is 444 g/mol. The summed E-state index contributed by atoms with van der Waals surface area (Å²) in [6.07, 6.45) is 2.28. The van der Waals surface area contributed by atoms with Crippen molar-refractivity contribution in [3.63, 3.8) is 0 Å². The molecule has 1 aromatic heterocycles.